The van der Waals surface area contributed by atoms with Crippen LogP contribution in [0.2, 0.25) is 0 Å². The third kappa shape index (κ3) is 8.05. The van der Waals surface area contributed by atoms with Crippen molar-refractivity contribution in [2.75, 3.05) is 6.61 Å². The first-order valence-electron chi connectivity index (χ1n) is 11.1. The fourth-order valence-corrected chi connectivity index (χ4v) is 4.50. The van der Waals surface area contributed by atoms with Crippen LogP contribution in [0, 0.1) is 23.7 Å². The molecular formula is C23H37NaO6. The Bertz CT molecular complexity index is 578. The first kappa shape index (κ1) is 27.8. The van der Waals surface area contributed by atoms with Crippen molar-refractivity contribution < 1.29 is 59.4 Å². The average molecular weight is 433 g/mol. The van der Waals surface area contributed by atoms with Gasteiger partial charge in [-0.25, -0.2) is 0 Å². The van der Waals surface area contributed by atoms with E-state index in [0.717, 1.165) is 25.7 Å². The summed E-state index contributed by atoms with van der Waals surface area (Å²) in [5.74, 6) is 0.538. The molecule has 0 heterocycles. The number of carbonyl (C=O) groups is 1. The number of hydrogen-bond donors (Lipinski definition) is 2. The van der Waals surface area contributed by atoms with Crippen LogP contribution in [0.5, 0.6) is 0 Å². The van der Waals surface area contributed by atoms with Crippen molar-refractivity contribution in [2.24, 2.45) is 23.7 Å². The van der Waals surface area contributed by atoms with E-state index >= 15 is 0 Å². The molecule has 7 unspecified atom stereocenters. The zero-order valence-corrected chi connectivity index (χ0v) is 21.0. The SMILES string of the molecule is CCC(C)C(=O)OC1CCC=C2C=CC(C)C(CCC(O)CC(O)CCO[O-])C21.[Na+]. The quantitative estimate of drug-likeness (QED) is 0.201. The fraction of sp³-hybridized carbons (Fsp3) is 0.783. The van der Waals surface area contributed by atoms with Crippen LogP contribution in [-0.4, -0.2) is 41.1 Å². The van der Waals surface area contributed by atoms with E-state index in [0.29, 0.717) is 12.3 Å². The molecule has 0 radical (unpaired) electrons. The van der Waals surface area contributed by atoms with E-state index in [2.05, 4.69) is 30.0 Å². The molecule has 0 amide bonds. The number of carbonyl (C=O) groups excluding carboxylic acids is 1. The molecular weight excluding hydrogens is 395 g/mol. The Morgan fingerprint density at radius 3 is 2.67 bits per heavy atom. The standard InChI is InChI=1S/C23H38O6.Na/c1-4-15(2)23(26)29-21-7-5-6-17-9-8-16(3)20(22(17)21)11-10-18(24)14-19(25)12-13-28-27;/h6,8-9,15-16,18-22,24-25,27H,4-5,7,10-14H2,1-3H3;/q;+1/p-1. The van der Waals surface area contributed by atoms with Gasteiger partial charge in [0.15, 0.2) is 0 Å². The van der Waals surface area contributed by atoms with E-state index in [1.165, 1.54) is 5.57 Å². The Hall–Kier alpha value is -0.210. The summed E-state index contributed by atoms with van der Waals surface area (Å²) >= 11 is 0. The van der Waals surface area contributed by atoms with Crippen LogP contribution in [0.15, 0.2) is 23.8 Å². The fourth-order valence-electron chi connectivity index (χ4n) is 4.50. The van der Waals surface area contributed by atoms with Gasteiger partial charge in [-0.05, 0) is 62.4 Å². The normalized spacial score (nSPS) is 28.5. The minimum absolute atomic E-state index is 0. The van der Waals surface area contributed by atoms with Gasteiger partial charge in [-0.3, -0.25) is 4.79 Å². The van der Waals surface area contributed by atoms with Crippen LogP contribution in [0.4, 0.5) is 0 Å². The molecule has 0 spiro atoms. The minimum atomic E-state index is -0.739. The van der Waals surface area contributed by atoms with Crippen molar-refractivity contribution in [3.8, 4) is 0 Å². The van der Waals surface area contributed by atoms with Gasteiger partial charge in [0.25, 0.3) is 0 Å². The number of hydrogen-bond acceptors (Lipinski definition) is 6. The third-order valence-electron chi connectivity index (χ3n) is 6.54. The zero-order chi connectivity index (χ0) is 21.4. The van der Waals surface area contributed by atoms with Gasteiger partial charge in [-0.15, -0.1) is 0 Å². The van der Waals surface area contributed by atoms with Gasteiger partial charge in [-0.1, -0.05) is 39.0 Å². The van der Waals surface area contributed by atoms with Crippen molar-refractivity contribution in [2.45, 2.75) is 84.0 Å². The maximum atomic E-state index is 12.4. The van der Waals surface area contributed by atoms with Gasteiger partial charge in [-0.2, -0.15) is 0 Å². The van der Waals surface area contributed by atoms with Crippen LogP contribution in [0.3, 0.4) is 0 Å². The summed E-state index contributed by atoms with van der Waals surface area (Å²) in [6.07, 6.45) is 9.46. The maximum absolute atomic E-state index is 12.4. The smallest absolute Gasteiger partial charge is 0.723 e. The Morgan fingerprint density at radius 2 is 2.00 bits per heavy atom. The van der Waals surface area contributed by atoms with Gasteiger partial charge in [0.05, 0.1) is 18.1 Å². The second-order valence-corrected chi connectivity index (χ2v) is 8.71. The number of ether oxygens (including phenoxy) is 1. The van der Waals surface area contributed by atoms with Gasteiger partial charge in [0.2, 0.25) is 0 Å². The summed E-state index contributed by atoms with van der Waals surface area (Å²) in [4.78, 5) is 16.2. The predicted molar refractivity (Wildman–Crippen MR) is 108 cm³/mol. The van der Waals surface area contributed by atoms with E-state index in [1.54, 1.807) is 0 Å². The van der Waals surface area contributed by atoms with Crippen molar-refractivity contribution in [3.05, 3.63) is 23.8 Å². The first-order chi connectivity index (χ1) is 13.9. The summed E-state index contributed by atoms with van der Waals surface area (Å²) in [7, 11) is 0. The molecule has 7 heteroatoms. The molecule has 6 nitrogen and oxygen atoms in total. The first-order valence-corrected chi connectivity index (χ1v) is 11.1. The summed E-state index contributed by atoms with van der Waals surface area (Å²) in [6.45, 7) is 6.01. The van der Waals surface area contributed by atoms with E-state index < -0.39 is 12.2 Å². The average Bonchev–Trinajstić information content (AvgIpc) is 2.71. The van der Waals surface area contributed by atoms with Crippen LogP contribution in [0.25, 0.3) is 0 Å². The molecule has 166 valence electrons. The topological polar surface area (TPSA) is 99.1 Å². The number of aliphatic hydroxyl groups is 2. The van der Waals surface area contributed by atoms with Crippen LogP contribution in [-0.2, 0) is 14.4 Å². The summed E-state index contributed by atoms with van der Waals surface area (Å²) < 4.78 is 5.95. The second-order valence-electron chi connectivity index (χ2n) is 8.71. The number of fused-ring (bicyclic) bond motifs is 1. The van der Waals surface area contributed by atoms with Gasteiger partial charge in [0.1, 0.15) is 6.10 Å². The zero-order valence-electron chi connectivity index (χ0n) is 19.0. The molecule has 2 N–H and O–H groups in total. The third-order valence-corrected chi connectivity index (χ3v) is 6.54. The Morgan fingerprint density at radius 1 is 1.30 bits per heavy atom. The number of rotatable bonds is 11. The molecule has 0 aromatic carbocycles. The summed E-state index contributed by atoms with van der Waals surface area (Å²) in [6, 6.07) is 0. The number of esters is 1. The molecule has 2 rings (SSSR count). The van der Waals surface area contributed by atoms with Gasteiger partial charge < -0.3 is 25.1 Å². The predicted octanol–water partition coefficient (Wildman–Crippen LogP) is -0.319. The monoisotopic (exact) mass is 432 g/mol. The second kappa shape index (κ2) is 14.0. The maximum Gasteiger partial charge on any atom is 1.00 e. The van der Waals surface area contributed by atoms with Crippen molar-refractivity contribution >= 4 is 5.97 Å². The Balaban J connectivity index is 0.00000450. The molecule has 0 saturated heterocycles. The van der Waals surface area contributed by atoms with Crippen LogP contribution >= 0.6 is 0 Å². The molecule has 0 bridgehead atoms. The molecule has 0 aromatic rings. The summed E-state index contributed by atoms with van der Waals surface area (Å²) in [5, 5.41) is 30.3. The van der Waals surface area contributed by atoms with Crippen molar-refractivity contribution in [1.82, 2.24) is 0 Å². The van der Waals surface area contributed by atoms with E-state index in [-0.39, 0.29) is 78.8 Å². The molecule has 2 aliphatic carbocycles. The molecule has 0 saturated carbocycles. The molecule has 0 aliphatic heterocycles. The van der Waals surface area contributed by atoms with Crippen molar-refractivity contribution in [1.29, 1.82) is 0 Å². The molecule has 7 atom stereocenters. The van der Waals surface area contributed by atoms with E-state index in [9.17, 15) is 20.3 Å². The summed E-state index contributed by atoms with van der Waals surface area (Å²) in [5.41, 5.74) is 1.24. The molecule has 0 fully saturated rings. The molecule has 0 aromatic heterocycles. The van der Waals surface area contributed by atoms with E-state index in [4.69, 9.17) is 4.74 Å². The minimum Gasteiger partial charge on any atom is -0.723 e. The van der Waals surface area contributed by atoms with Gasteiger partial charge >= 0.3 is 35.5 Å². The molecule has 2 aliphatic rings. The largest absolute Gasteiger partial charge is 1.00 e. The Labute approximate surface area is 202 Å². The molecule has 30 heavy (non-hydrogen) atoms. The Kier molecular flexibility index (Phi) is 13.0. The van der Waals surface area contributed by atoms with Crippen LogP contribution in [0.1, 0.15) is 65.7 Å². The number of aliphatic hydroxyl groups excluding tert-OH is 2. The van der Waals surface area contributed by atoms with Gasteiger partial charge in [0, 0.05) is 12.5 Å². The van der Waals surface area contributed by atoms with E-state index in [1.807, 2.05) is 13.8 Å². The van der Waals surface area contributed by atoms with Crippen LogP contribution < -0.4 is 34.8 Å². The number of allylic oxidation sites excluding steroid dienone is 3. The van der Waals surface area contributed by atoms with Crippen molar-refractivity contribution in [3.63, 3.8) is 0 Å².